The number of aromatic nitrogens is 2. The molecule has 1 aromatic carbocycles. The number of hydrogen-bond donors (Lipinski definition) is 0. The second-order valence-corrected chi connectivity index (χ2v) is 9.48. The maximum Gasteiger partial charge on any atom is 0.316 e. The van der Waals surface area contributed by atoms with E-state index in [9.17, 15) is 14.4 Å². The third-order valence-corrected chi connectivity index (χ3v) is 7.25. The molecule has 0 radical (unpaired) electrons. The van der Waals surface area contributed by atoms with Crippen molar-refractivity contribution in [3.05, 3.63) is 34.1 Å². The van der Waals surface area contributed by atoms with Crippen LogP contribution in [0.2, 0.25) is 0 Å². The summed E-state index contributed by atoms with van der Waals surface area (Å²) in [7, 11) is 0. The quantitative estimate of drug-likeness (QED) is 0.368. The van der Waals surface area contributed by atoms with E-state index < -0.39 is 0 Å². The van der Waals surface area contributed by atoms with E-state index in [-0.39, 0.29) is 29.2 Å². The van der Waals surface area contributed by atoms with E-state index in [1.165, 1.54) is 18.2 Å². The molecule has 2 heterocycles. The van der Waals surface area contributed by atoms with Gasteiger partial charge in [0.05, 0.1) is 23.3 Å². The molecule has 8 heteroatoms. The van der Waals surface area contributed by atoms with Gasteiger partial charge in [-0.15, -0.1) is 0 Å². The minimum absolute atomic E-state index is 0.00872. The van der Waals surface area contributed by atoms with Gasteiger partial charge in [-0.25, -0.2) is 4.98 Å². The summed E-state index contributed by atoms with van der Waals surface area (Å²) in [4.78, 5) is 45.1. The number of piperidine rings is 1. The number of likely N-dealkylation sites (tertiary alicyclic amines) is 1. The Balaban J connectivity index is 1.71. The molecule has 1 aromatic heterocycles. The molecule has 0 spiro atoms. The van der Waals surface area contributed by atoms with E-state index in [1.54, 1.807) is 29.7 Å². The van der Waals surface area contributed by atoms with Gasteiger partial charge in [-0.1, -0.05) is 31.0 Å². The summed E-state index contributed by atoms with van der Waals surface area (Å²) < 4.78 is 6.83. The van der Waals surface area contributed by atoms with Gasteiger partial charge in [-0.2, -0.15) is 0 Å². The lowest BCUT2D eigenvalue weighted by Gasteiger charge is -2.27. The summed E-state index contributed by atoms with van der Waals surface area (Å²) in [5.41, 5.74) is 0.976. The monoisotopic (exact) mass is 457 g/mol. The molecular weight excluding hydrogens is 426 g/mol. The highest BCUT2D eigenvalue weighted by Crippen LogP contribution is 2.31. The van der Waals surface area contributed by atoms with E-state index in [1.807, 2.05) is 4.90 Å². The van der Waals surface area contributed by atoms with Crippen LogP contribution < -0.4 is 5.56 Å². The number of fused-ring (bicyclic) bond motifs is 1. The SMILES string of the molecule is CCOC(=O)CSc1nc2cc(C(=O)N3CCCCC3)ccc2c(=O)n1C1CCCCC1. The van der Waals surface area contributed by atoms with E-state index in [0.29, 0.717) is 28.2 Å². The first-order valence-electron chi connectivity index (χ1n) is 11.7. The maximum absolute atomic E-state index is 13.5. The third-order valence-electron chi connectivity index (χ3n) is 6.32. The van der Waals surface area contributed by atoms with Crippen molar-refractivity contribution in [2.45, 2.75) is 69.5 Å². The van der Waals surface area contributed by atoms with Crippen LogP contribution in [0.25, 0.3) is 10.9 Å². The number of amides is 1. The number of rotatable bonds is 6. The van der Waals surface area contributed by atoms with Crippen LogP contribution in [0.1, 0.15) is 74.7 Å². The van der Waals surface area contributed by atoms with Gasteiger partial charge < -0.3 is 9.64 Å². The normalized spacial score (nSPS) is 17.5. The van der Waals surface area contributed by atoms with Crippen LogP contribution in [-0.2, 0) is 9.53 Å². The third kappa shape index (κ3) is 5.00. The lowest BCUT2D eigenvalue weighted by molar-refractivity contribution is -0.139. The zero-order chi connectivity index (χ0) is 22.5. The summed E-state index contributed by atoms with van der Waals surface area (Å²) in [6.45, 7) is 3.64. The van der Waals surface area contributed by atoms with Gasteiger partial charge in [0.2, 0.25) is 0 Å². The fourth-order valence-corrected chi connectivity index (χ4v) is 5.54. The van der Waals surface area contributed by atoms with Crippen LogP contribution in [0.15, 0.2) is 28.2 Å². The zero-order valence-electron chi connectivity index (χ0n) is 18.7. The molecule has 2 aliphatic rings. The molecule has 4 rings (SSSR count). The number of esters is 1. The molecule has 1 aliphatic heterocycles. The maximum atomic E-state index is 13.5. The molecule has 1 aliphatic carbocycles. The number of carbonyl (C=O) groups is 2. The average molecular weight is 458 g/mol. The molecule has 1 amide bonds. The Morgan fingerprint density at radius 3 is 2.53 bits per heavy atom. The van der Waals surface area contributed by atoms with Gasteiger partial charge in [-0.3, -0.25) is 19.0 Å². The highest BCUT2D eigenvalue weighted by molar-refractivity contribution is 7.99. The smallest absolute Gasteiger partial charge is 0.316 e. The molecule has 2 aromatic rings. The Kier molecular flexibility index (Phi) is 7.50. The van der Waals surface area contributed by atoms with Crippen molar-refractivity contribution in [1.29, 1.82) is 0 Å². The van der Waals surface area contributed by atoms with Crippen LogP contribution in [-0.4, -0.2) is 51.8 Å². The van der Waals surface area contributed by atoms with Gasteiger partial charge in [0.1, 0.15) is 0 Å². The molecule has 32 heavy (non-hydrogen) atoms. The number of benzene rings is 1. The molecule has 2 fully saturated rings. The van der Waals surface area contributed by atoms with Gasteiger partial charge in [-0.05, 0) is 57.2 Å². The molecule has 0 atom stereocenters. The number of thioether (sulfide) groups is 1. The fraction of sp³-hybridized carbons (Fsp3) is 0.583. The Morgan fingerprint density at radius 1 is 1.09 bits per heavy atom. The zero-order valence-corrected chi connectivity index (χ0v) is 19.5. The van der Waals surface area contributed by atoms with Gasteiger partial charge in [0.25, 0.3) is 11.5 Å². The first kappa shape index (κ1) is 22.8. The highest BCUT2D eigenvalue weighted by Gasteiger charge is 2.24. The largest absolute Gasteiger partial charge is 0.465 e. The van der Waals surface area contributed by atoms with Crippen LogP contribution in [0.4, 0.5) is 0 Å². The predicted octanol–water partition coefficient (Wildman–Crippen LogP) is 4.18. The summed E-state index contributed by atoms with van der Waals surface area (Å²) in [5.74, 6) is -0.230. The summed E-state index contributed by atoms with van der Waals surface area (Å²) >= 11 is 1.24. The van der Waals surface area contributed by atoms with Crippen LogP contribution >= 0.6 is 11.8 Å². The van der Waals surface area contributed by atoms with E-state index in [0.717, 1.165) is 58.0 Å². The van der Waals surface area contributed by atoms with Crippen LogP contribution in [0.5, 0.6) is 0 Å². The average Bonchev–Trinajstić information content (AvgIpc) is 2.83. The van der Waals surface area contributed by atoms with Gasteiger partial charge in [0.15, 0.2) is 5.16 Å². The van der Waals surface area contributed by atoms with E-state index in [2.05, 4.69) is 0 Å². The molecule has 0 unspecified atom stereocenters. The fourth-order valence-electron chi connectivity index (χ4n) is 4.68. The second kappa shape index (κ2) is 10.5. The molecule has 7 nitrogen and oxygen atoms in total. The molecule has 0 N–H and O–H groups in total. The number of ether oxygens (including phenoxy) is 1. The first-order valence-corrected chi connectivity index (χ1v) is 12.7. The van der Waals surface area contributed by atoms with Crippen molar-refractivity contribution in [1.82, 2.24) is 14.5 Å². The molecular formula is C24H31N3O4S. The van der Waals surface area contributed by atoms with Crippen molar-refractivity contribution in [2.75, 3.05) is 25.4 Å². The Labute approximate surface area is 192 Å². The van der Waals surface area contributed by atoms with Gasteiger partial charge in [0, 0.05) is 24.7 Å². The van der Waals surface area contributed by atoms with Crippen molar-refractivity contribution in [2.24, 2.45) is 0 Å². The van der Waals surface area contributed by atoms with E-state index in [4.69, 9.17) is 9.72 Å². The lowest BCUT2D eigenvalue weighted by atomic mass is 9.95. The second-order valence-electron chi connectivity index (χ2n) is 8.54. The summed E-state index contributed by atoms with van der Waals surface area (Å²) in [5, 5.41) is 1.05. The Morgan fingerprint density at radius 2 is 1.81 bits per heavy atom. The van der Waals surface area contributed by atoms with E-state index >= 15 is 0 Å². The minimum atomic E-state index is -0.323. The summed E-state index contributed by atoms with van der Waals surface area (Å²) in [6.07, 6.45) is 8.43. The van der Waals surface area contributed by atoms with Crippen LogP contribution in [0, 0.1) is 0 Å². The standard InChI is InChI=1S/C24H31N3O4S/c1-2-31-21(28)16-32-24-25-20-15-17(22(29)26-13-7-4-8-14-26)11-12-19(20)23(30)27(24)18-9-5-3-6-10-18/h11-12,15,18H,2-10,13-14,16H2,1H3. The Bertz CT molecular complexity index is 1040. The van der Waals surface area contributed by atoms with Crippen molar-refractivity contribution >= 4 is 34.5 Å². The number of nitrogens with zero attached hydrogens (tertiary/aromatic N) is 3. The number of hydrogen-bond acceptors (Lipinski definition) is 6. The molecule has 1 saturated heterocycles. The first-order chi connectivity index (χ1) is 15.6. The van der Waals surface area contributed by atoms with Gasteiger partial charge >= 0.3 is 5.97 Å². The minimum Gasteiger partial charge on any atom is -0.465 e. The Hall–Kier alpha value is -2.35. The van der Waals surface area contributed by atoms with Crippen molar-refractivity contribution < 1.29 is 14.3 Å². The van der Waals surface area contributed by atoms with Crippen LogP contribution in [0.3, 0.4) is 0 Å². The number of carbonyl (C=O) groups excluding carboxylic acids is 2. The molecule has 1 saturated carbocycles. The topological polar surface area (TPSA) is 81.5 Å². The van der Waals surface area contributed by atoms with Crippen molar-refractivity contribution in [3.63, 3.8) is 0 Å². The summed E-state index contributed by atoms with van der Waals surface area (Å²) in [6, 6.07) is 5.31. The predicted molar refractivity (Wildman–Crippen MR) is 125 cm³/mol. The van der Waals surface area contributed by atoms with Crippen molar-refractivity contribution in [3.8, 4) is 0 Å². The highest BCUT2D eigenvalue weighted by atomic mass is 32.2. The lowest BCUT2D eigenvalue weighted by Crippen LogP contribution is -2.35. The molecule has 172 valence electrons. The molecule has 0 bridgehead atoms.